The molecular weight excluding hydrogens is 352 g/mol. The molecular formula is C16H10Br2. The maximum Gasteiger partial charge on any atom is 0.0610 e. The molecule has 0 saturated carbocycles. The van der Waals surface area contributed by atoms with Gasteiger partial charge < -0.3 is 0 Å². The first-order chi connectivity index (χ1) is 8.74. The van der Waals surface area contributed by atoms with E-state index in [1.807, 2.05) is 60.7 Å². The van der Waals surface area contributed by atoms with Gasteiger partial charge in [0.05, 0.1) is 3.39 Å². The Kier molecular flexibility index (Phi) is 4.81. The molecule has 0 unspecified atom stereocenters. The Balaban J connectivity index is 2.17. The average Bonchev–Trinajstić information content (AvgIpc) is 2.38. The lowest BCUT2D eigenvalue weighted by molar-refractivity contribution is 1.60. The van der Waals surface area contributed by atoms with E-state index >= 15 is 0 Å². The number of benzene rings is 2. The van der Waals surface area contributed by atoms with E-state index in [0.717, 1.165) is 20.1 Å². The van der Waals surface area contributed by atoms with Gasteiger partial charge in [0, 0.05) is 11.1 Å². The van der Waals surface area contributed by atoms with Crippen molar-refractivity contribution in [2.75, 3.05) is 0 Å². The monoisotopic (exact) mass is 360 g/mol. The summed E-state index contributed by atoms with van der Waals surface area (Å²) in [6.45, 7) is 0. The molecule has 2 heteroatoms. The maximum absolute atomic E-state index is 3.34. The van der Waals surface area contributed by atoms with Crippen LogP contribution in [-0.4, -0.2) is 0 Å². The van der Waals surface area contributed by atoms with Crippen LogP contribution in [0.4, 0.5) is 0 Å². The predicted octanol–water partition coefficient (Wildman–Crippen LogP) is 5.17. The van der Waals surface area contributed by atoms with Gasteiger partial charge in [0.25, 0.3) is 0 Å². The Morgan fingerprint density at radius 1 is 0.778 bits per heavy atom. The normalized spacial score (nSPS) is 9.22. The smallest absolute Gasteiger partial charge is 0.0610 e. The minimum absolute atomic E-state index is 0.929. The molecule has 88 valence electrons. The summed E-state index contributed by atoms with van der Waals surface area (Å²) in [7, 11) is 0. The number of rotatable bonds is 1. The van der Waals surface area contributed by atoms with Gasteiger partial charge in [-0.3, -0.25) is 0 Å². The van der Waals surface area contributed by atoms with Crippen molar-refractivity contribution < 1.29 is 0 Å². The Bertz CT molecular complexity index is 595. The highest BCUT2D eigenvalue weighted by Gasteiger charge is 1.90. The van der Waals surface area contributed by atoms with E-state index in [1.54, 1.807) is 0 Å². The third-order valence-electron chi connectivity index (χ3n) is 2.31. The van der Waals surface area contributed by atoms with Crippen molar-refractivity contribution in [3.05, 3.63) is 74.7 Å². The molecule has 0 spiro atoms. The molecule has 0 radical (unpaired) electrons. The fourth-order valence-corrected chi connectivity index (χ4v) is 1.98. The third-order valence-corrected chi connectivity index (χ3v) is 2.77. The fraction of sp³-hybridized carbons (Fsp3) is 0. The van der Waals surface area contributed by atoms with Crippen LogP contribution < -0.4 is 0 Å². The van der Waals surface area contributed by atoms with E-state index in [2.05, 4.69) is 43.7 Å². The Labute approximate surface area is 124 Å². The SMILES string of the molecule is BrC(Br)=Cc1ccc(C#Cc2ccccc2)cc1. The molecule has 0 nitrogen and oxygen atoms in total. The molecule has 0 atom stereocenters. The van der Waals surface area contributed by atoms with Gasteiger partial charge in [0.1, 0.15) is 0 Å². The van der Waals surface area contributed by atoms with Crippen LogP contribution >= 0.6 is 31.9 Å². The first kappa shape index (κ1) is 13.1. The molecule has 0 saturated heterocycles. The topological polar surface area (TPSA) is 0 Å². The summed E-state index contributed by atoms with van der Waals surface area (Å²) in [4.78, 5) is 0. The van der Waals surface area contributed by atoms with Crippen molar-refractivity contribution in [3.8, 4) is 11.8 Å². The molecule has 2 aromatic carbocycles. The summed E-state index contributed by atoms with van der Waals surface area (Å²) in [6.07, 6.45) is 1.99. The Morgan fingerprint density at radius 3 is 1.89 bits per heavy atom. The quantitative estimate of drug-likeness (QED) is 0.614. The largest absolute Gasteiger partial charge is 0.0622 e. The third kappa shape index (κ3) is 4.18. The van der Waals surface area contributed by atoms with E-state index in [1.165, 1.54) is 0 Å². The van der Waals surface area contributed by atoms with Gasteiger partial charge in [-0.15, -0.1) is 0 Å². The van der Waals surface area contributed by atoms with Crippen LogP contribution in [0.2, 0.25) is 0 Å². The zero-order chi connectivity index (χ0) is 12.8. The molecule has 0 aliphatic heterocycles. The minimum atomic E-state index is 0.929. The van der Waals surface area contributed by atoms with E-state index in [-0.39, 0.29) is 0 Å². The second-order valence-corrected chi connectivity index (χ2v) is 6.44. The second kappa shape index (κ2) is 6.58. The number of hydrogen-bond donors (Lipinski definition) is 0. The van der Waals surface area contributed by atoms with Gasteiger partial charge in [-0.1, -0.05) is 42.2 Å². The van der Waals surface area contributed by atoms with Gasteiger partial charge in [-0.25, -0.2) is 0 Å². The summed E-state index contributed by atoms with van der Waals surface area (Å²) in [5, 5.41) is 0. The standard InChI is InChI=1S/C16H10Br2/c17-16(18)12-15-10-8-14(9-11-15)7-6-13-4-2-1-3-5-13/h1-5,8-12H. The van der Waals surface area contributed by atoms with E-state index < -0.39 is 0 Å². The highest BCUT2D eigenvalue weighted by Crippen LogP contribution is 2.18. The lowest BCUT2D eigenvalue weighted by Crippen LogP contribution is -1.77. The molecule has 0 amide bonds. The van der Waals surface area contributed by atoms with Gasteiger partial charge in [-0.2, -0.15) is 0 Å². The summed E-state index contributed by atoms with van der Waals surface area (Å²) in [5.41, 5.74) is 3.18. The molecule has 0 bridgehead atoms. The van der Waals surface area contributed by atoms with Crippen molar-refractivity contribution in [1.29, 1.82) is 0 Å². The molecule has 0 N–H and O–H groups in total. The number of halogens is 2. The van der Waals surface area contributed by atoms with Crippen molar-refractivity contribution >= 4 is 37.9 Å². The summed E-state index contributed by atoms with van der Waals surface area (Å²) >= 11 is 6.68. The number of hydrogen-bond acceptors (Lipinski definition) is 0. The highest BCUT2D eigenvalue weighted by atomic mass is 79.9. The molecule has 0 heterocycles. The van der Waals surface area contributed by atoms with Crippen LogP contribution in [0.15, 0.2) is 58.0 Å². The van der Waals surface area contributed by atoms with Crippen LogP contribution in [-0.2, 0) is 0 Å². The van der Waals surface area contributed by atoms with Gasteiger partial charge >= 0.3 is 0 Å². The molecule has 2 rings (SSSR count). The highest BCUT2D eigenvalue weighted by molar-refractivity contribution is 9.28. The van der Waals surface area contributed by atoms with E-state index in [0.29, 0.717) is 0 Å². The lowest BCUT2D eigenvalue weighted by Gasteiger charge is -1.94. The van der Waals surface area contributed by atoms with Crippen LogP contribution in [0.3, 0.4) is 0 Å². The molecule has 0 aliphatic carbocycles. The van der Waals surface area contributed by atoms with Crippen LogP contribution in [0.25, 0.3) is 6.08 Å². The summed E-state index contributed by atoms with van der Waals surface area (Å²) in [6, 6.07) is 18.1. The van der Waals surface area contributed by atoms with Gasteiger partial charge in [-0.05, 0) is 67.8 Å². The Morgan fingerprint density at radius 2 is 1.33 bits per heavy atom. The molecule has 2 aromatic rings. The van der Waals surface area contributed by atoms with Crippen LogP contribution in [0.5, 0.6) is 0 Å². The van der Waals surface area contributed by atoms with Crippen LogP contribution in [0.1, 0.15) is 16.7 Å². The Hall–Kier alpha value is -1.30. The fourth-order valence-electron chi connectivity index (χ4n) is 1.45. The van der Waals surface area contributed by atoms with Crippen molar-refractivity contribution in [1.82, 2.24) is 0 Å². The average molecular weight is 362 g/mol. The first-order valence-corrected chi connectivity index (χ1v) is 7.02. The van der Waals surface area contributed by atoms with Gasteiger partial charge in [0.15, 0.2) is 0 Å². The maximum atomic E-state index is 3.34. The van der Waals surface area contributed by atoms with E-state index in [9.17, 15) is 0 Å². The summed E-state index contributed by atoms with van der Waals surface area (Å²) in [5.74, 6) is 6.28. The summed E-state index contributed by atoms with van der Waals surface area (Å²) < 4.78 is 0.929. The second-order valence-electron chi connectivity index (χ2n) is 3.67. The van der Waals surface area contributed by atoms with Crippen LogP contribution in [0, 0.1) is 11.8 Å². The van der Waals surface area contributed by atoms with Crippen molar-refractivity contribution in [2.45, 2.75) is 0 Å². The molecule has 0 aromatic heterocycles. The van der Waals surface area contributed by atoms with Gasteiger partial charge in [0.2, 0.25) is 0 Å². The van der Waals surface area contributed by atoms with E-state index in [4.69, 9.17) is 0 Å². The predicted molar refractivity (Wildman–Crippen MR) is 84.7 cm³/mol. The van der Waals surface area contributed by atoms with Crippen molar-refractivity contribution in [3.63, 3.8) is 0 Å². The molecule has 18 heavy (non-hydrogen) atoms. The molecule has 0 aliphatic rings. The minimum Gasteiger partial charge on any atom is -0.0622 e. The zero-order valence-electron chi connectivity index (χ0n) is 9.53. The lowest BCUT2D eigenvalue weighted by atomic mass is 10.1. The zero-order valence-corrected chi connectivity index (χ0v) is 12.7. The van der Waals surface area contributed by atoms with Crippen molar-refractivity contribution in [2.24, 2.45) is 0 Å². The first-order valence-electron chi connectivity index (χ1n) is 5.44. The molecule has 0 fully saturated rings.